The van der Waals surface area contributed by atoms with Gasteiger partial charge in [0.05, 0.1) is 18.9 Å². The third-order valence-electron chi connectivity index (χ3n) is 4.25. The molecule has 0 aromatic carbocycles. The van der Waals surface area contributed by atoms with E-state index in [4.69, 9.17) is 16.9 Å². The van der Waals surface area contributed by atoms with Crippen LogP contribution >= 0.6 is 0 Å². The predicted octanol–water partition coefficient (Wildman–Crippen LogP) is -1.81. The van der Waals surface area contributed by atoms with Crippen molar-refractivity contribution in [2.75, 3.05) is 6.61 Å². The van der Waals surface area contributed by atoms with Crippen LogP contribution in [0.3, 0.4) is 0 Å². The maximum atomic E-state index is 10.4. The second kappa shape index (κ2) is 5.34. The quantitative estimate of drug-likeness (QED) is 0.358. The molecular weight excluding hydrogens is 302 g/mol. The molecule has 0 bridgehead atoms. The first-order valence-electron chi connectivity index (χ1n) is 6.96. The van der Waals surface area contributed by atoms with Crippen molar-refractivity contribution in [1.29, 1.82) is 0 Å². The molecule has 3 heterocycles. The van der Waals surface area contributed by atoms with Gasteiger partial charge in [0.15, 0.2) is 17.8 Å². The summed E-state index contributed by atoms with van der Waals surface area (Å²) in [6.07, 6.45) is 5.77. The number of terminal acetylenes is 1. The summed E-state index contributed by atoms with van der Waals surface area (Å²) in [5, 5.41) is 29.8. The molecule has 5 N–H and O–H groups in total. The predicted molar refractivity (Wildman–Crippen MR) is 82.8 cm³/mol. The summed E-state index contributed by atoms with van der Waals surface area (Å²) in [5.74, 6) is 1.38. The summed E-state index contributed by atoms with van der Waals surface area (Å²) in [7, 11) is 0. The smallest absolute Gasteiger partial charge is 0.220 e. The van der Waals surface area contributed by atoms with Crippen LogP contribution < -0.4 is 5.73 Å². The van der Waals surface area contributed by atoms with E-state index < -0.39 is 42.7 Å². The molecule has 122 valence electrons. The fraction of sp³-hybridized carbons (Fsp3) is 0.500. The molecule has 0 aromatic heterocycles. The molecule has 6 atom stereocenters. The van der Waals surface area contributed by atoms with Crippen LogP contribution in [0.5, 0.6) is 0 Å². The van der Waals surface area contributed by atoms with Gasteiger partial charge in [-0.1, -0.05) is 12.0 Å². The lowest BCUT2D eigenvalue weighted by molar-refractivity contribution is -0.104. The lowest BCUT2D eigenvalue weighted by Crippen LogP contribution is -2.49. The van der Waals surface area contributed by atoms with Crippen molar-refractivity contribution < 1.29 is 20.1 Å². The zero-order chi connectivity index (χ0) is 16.8. The van der Waals surface area contributed by atoms with Crippen LogP contribution in [0.15, 0.2) is 27.6 Å². The van der Waals surface area contributed by atoms with Crippen molar-refractivity contribution in [2.24, 2.45) is 26.6 Å². The Kier molecular flexibility index (Phi) is 3.60. The molecule has 3 aliphatic rings. The number of nitrogens with zero attached hydrogens (tertiary/aromatic N) is 4. The topological polar surface area (TPSA) is 136 Å². The van der Waals surface area contributed by atoms with Crippen LogP contribution in [-0.4, -0.2) is 75.2 Å². The zero-order valence-corrected chi connectivity index (χ0v) is 12.1. The van der Waals surface area contributed by atoms with Crippen molar-refractivity contribution >= 4 is 18.2 Å². The maximum absolute atomic E-state index is 10.4. The Morgan fingerprint density at radius 3 is 2.96 bits per heavy atom. The van der Waals surface area contributed by atoms with Gasteiger partial charge in [-0.2, -0.15) is 4.99 Å². The Balaban J connectivity index is 1.93. The number of nitrogens with two attached hydrogens (primary N) is 1. The van der Waals surface area contributed by atoms with Crippen molar-refractivity contribution in [3.8, 4) is 12.3 Å². The van der Waals surface area contributed by atoms with Gasteiger partial charge in [0.2, 0.25) is 11.9 Å². The first-order valence-corrected chi connectivity index (χ1v) is 6.96. The molecule has 0 radical (unpaired) electrons. The Labute approximate surface area is 132 Å². The highest BCUT2D eigenvalue weighted by Gasteiger charge is 2.56. The molecular formula is C14H17N5O4. The van der Waals surface area contributed by atoms with E-state index in [0.29, 0.717) is 0 Å². The number of aliphatic hydroxyl groups excluding tert-OH is 3. The average Bonchev–Trinajstić information content (AvgIpc) is 3.06. The van der Waals surface area contributed by atoms with Crippen molar-refractivity contribution in [2.45, 2.75) is 30.1 Å². The summed E-state index contributed by atoms with van der Waals surface area (Å²) in [6, 6.07) is -0.705. The van der Waals surface area contributed by atoms with Crippen molar-refractivity contribution in [3.05, 3.63) is 12.7 Å². The SMILES string of the molecule is C#C[C@]1(CO)O[C@@H](N2C=NC3C(O)=NC(N)=NC32)[C@@H](C=C)[C@@H]1O. The fourth-order valence-electron chi connectivity index (χ4n) is 2.99. The van der Waals surface area contributed by atoms with Crippen LogP contribution in [-0.2, 0) is 4.74 Å². The second-order valence-electron chi connectivity index (χ2n) is 5.49. The van der Waals surface area contributed by atoms with Crippen LogP contribution in [0.1, 0.15) is 0 Å². The number of ether oxygens (including phenoxy) is 1. The van der Waals surface area contributed by atoms with Crippen molar-refractivity contribution in [1.82, 2.24) is 4.90 Å². The van der Waals surface area contributed by atoms with Gasteiger partial charge >= 0.3 is 0 Å². The van der Waals surface area contributed by atoms with Crippen LogP contribution in [0.25, 0.3) is 0 Å². The highest BCUT2D eigenvalue weighted by Crippen LogP contribution is 2.39. The van der Waals surface area contributed by atoms with Gasteiger partial charge in [0.1, 0.15) is 12.3 Å². The molecule has 1 saturated heterocycles. The van der Waals surface area contributed by atoms with E-state index in [9.17, 15) is 15.3 Å². The lowest BCUT2D eigenvalue weighted by atomic mass is 9.90. The number of aliphatic hydroxyl groups is 3. The Morgan fingerprint density at radius 1 is 1.61 bits per heavy atom. The van der Waals surface area contributed by atoms with Crippen molar-refractivity contribution in [3.63, 3.8) is 0 Å². The number of fused-ring (bicyclic) bond motifs is 1. The minimum Gasteiger partial charge on any atom is -0.495 e. The van der Waals surface area contributed by atoms with Crippen LogP contribution in [0.4, 0.5) is 0 Å². The second-order valence-corrected chi connectivity index (χ2v) is 5.49. The third-order valence-corrected chi connectivity index (χ3v) is 4.25. The summed E-state index contributed by atoms with van der Waals surface area (Å²) >= 11 is 0. The molecule has 0 saturated carbocycles. The zero-order valence-electron chi connectivity index (χ0n) is 12.1. The third kappa shape index (κ3) is 2.11. The van der Waals surface area contributed by atoms with E-state index in [2.05, 4.69) is 27.5 Å². The number of hydrogen-bond acceptors (Lipinski definition) is 8. The molecule has 9 nitrogen and oxygen atoms in total. The van der Waals surface area contributed by atoms with Gasteiger partial charge < -0.3 is 30.7 Å². The summed E-state index contributed by atoms with van der Waals surface area (Å²) < 4.78 is 5.76. The largest absolute Gasteiger partial charge is 0.495 e. The van der Waals surface area contributed by atoms with E-state index in [0.717, 1.165) is 0 Å². The number of guanidine groups is 1. The van der Waals surface area contributed by atoms with E-state index in [1.165, 1.54) is 12.4 Å². The van der Waals surface area contributed by atoms with Gasteiger partial charge in [0, 0.05) is 0 Å². The first-order chi connectivity index (χ1) is 11.0. The monoisotopic (exact) mass is 319 g/mol. The molecule has 3 rings (SSSR count). The van der Waals surface area contributed by atoms with E-state index >= 15 is 0 Å². The maximum Gasteiger partial charge on any atom is 0.220 e. The highest BCUT2D eigenvalue weighted by molar-refractivity contribution is 5.98. The van der Waals surface area contributed by atoms with Crippen LogP contribution in [0.2, 0.25) is 0 Å². The summed E-state index contributed by atoms with van der Waals surface area (Å²) in [6.45, 7) is 3.13. The molecule has 3 aliphatic heterocycles. The van der Waals surface area contributed by atoms with Gasteiger partial charge in [-0.3, -0.25) is 4.99 Å². The Hall–Kier alpha value is -2.41. The Morgan fingerprint density at radius 2 is 2.35 bits per heavy atom. The van der Waals surface area contributed by atoms with Gasteiger partial charge in [-0.05, 0) is 0 Å². The van der Waals surface area contributed by atoms with E-state index in [-0.39, 0.29) is 11.9 Å². The normalized spacial score (nSPS) is 42.0. The number of rotatable bonds is 3. The molecule has 0 aromatic rings. The van der Waals surface area contributed by atoms with Crippen LogP contribution in [0, 0.1) is 18.3 Å². The fourth-order valence-corrected chi connectivity index (χ4v) is 2.99. The first kappa shape index (κ1) is 15.5. The highest BCUT2D eigenvalue weighted by atomic mass is 16.6. The van der Waals surface area contributed by atoms with E-state index in [1.54, 1.807) is 4.90 Å². The standard InChI is InChI=1S/C14H17N5O4/c1-3-7-9(21)14(4-2,5-20)23-12(7)19-6-16-8-10(19)17-13(15)18-11(8)22/h2-3,6-10,12,20-21H,1,5H2,(H3,15,17,18,22)/t7-,8?,9-,10?,12+,14+/m0/s1. The minimum atomic E-state index is -1.55. The molecule has 0 spiro atoms. The van der Waals surface area contributed by atoms with Gasteiger partial charge in [-0.15, -0.1) is 13.0 Å². The molecule has 23 heavy (non-hydrogen) atoms. The molecule has 9 heteroatoms. The number of hydrogen-bond donors (Lipinski definition) is 4. The van der Waals surface area contributed by atoms with Gasteiger partial charge in [0.25, 0.3) is 0 Å². The van der Waals surface area contributed by atoms with Gasteiger partial charge in [-0.25, -0.2) is 4.99 Å². The molecule has 0 amide bonds. The molecule has 0 aliphatic carbocycles. The Bertz CT molecular complexity index is 654. The number of aliphatic imine (C=N–C) groups is 3. The van der Waals surface area contributed by atoms with E-state index in [1.807, 2.05) is 0 Å². The average molecular weight is 319 g/mol. The molecule has 1 fully saturated rings. The summed E-state index contributed by atoms with van der Waals surface area (Å²) in [4.78, 5) is 13.5. The summed E-state index contributed by atoms with van der Waals surface area (Å²) in [5.41, 5.74) is 4.03. The molecule has 2 unspecified atom stereocenters. The minimum absolute atomic E-state index is 0.0849. The lowest BCUT2D eigenvalue weighted by Gasteiger charge is -2.33.